The molecule has 1 atom stereocenters. The van der Waals surface area contributed by atoms with Crippen molar-refractivity contribution in [3.63, 3.8) is 0 Å². The molecule has 112 valence electrons. The number of H-pyrrole nitrogens is 1. The predicted octanol–water partition coefficient (Wildman–Crippen LogP) is 3.10. The number of benzene rings is 1. The van der Waals surface area contributed by atoms with Gasteiger partial charge in [-0.05, 0) is 48.4 Å². The van der Waals surface area contributed by atoms with Gasteiger partial charge in [0, 0.05) is 11.2 Å². The molecular formula is C15H17ClN2O2S. The van der Waals surface area contributed by atoms with Crippen LogP contribution in [0.5, 0.6) is 0 Å². The zero-order chi connectivity index (χ0) is 14.9. The van der Waals surface area contributed by atoms with Crippen LogP contribution >= 0.6 is 11.6 Å². The molecule has 21 heavy (non-hydrogen) atoms. The molecule has 4 nitrogen and oxygen atoms in total. The van der Waals surface area contributed by atoms with Crippen molar-refractivity contribution in [2.75, 3.05) is 5.75 Å². The second-order valence-electron chi connectivity index (χ2n) is 5.41. The predicted molar refractivity (Wildman–Crippen MR) is 83.2 cm³/mol. The Labute approximate surface area is 129 Å². The lowest BCUT2D eigenvalue weighted by Crippen LogP contribution is -2.15. The second-order valence-corrected chi connectivity index (χ2v) is 8.12. The third-order valence-corrected chi connectivity index (χ3v) is 6.61. The topological polar surface area (TPSA) is 62.8 Å². The van der Waals surface area contributed by atoms with Gasteiger partial charge >= 0.3 is 0 Å². The molecule has 0 aliphatic heterocycles. The molecule has 3 rings (SSSR count). The van der Waals surface area contributed by atoms with Crippen molar-refractivity contribution in [2.45, 2.75) is 30.9 Å². The zero-order valence-electron chi connectivity index (χ0n) is 11.5. The van der Waals surface area contributed by atoms with E-state index in [1.54, 1.807) is 12.4 Å². The van der Waals surface area contributed by atoms with Gasteiger partial charge in [0.1, 0.15) is 0 Å². The first-order valence-electron chi connectivity index (χ1n) is 7.04. The Morgan fingerprint density at radius 2 is 2.24 bits per heavy atom. The number of hydrogen-bond acceptors (Lipinski definition) is 3. The molecule has 0 spiro atoms. The fourth-order valence-corrected chi connectivity index (χ4v) is 5.17. The Kier molecular flexibility index (Phi) is 4.04. The number of aryl methyl sites for hydroxylation is 1. The average molecular weight is 325 g/mol. The van der Waals surface area contributed by atoms with Crippen LogP contribution in [0.15, 0.2) is 30.6 Å². The summed E-state index contributed by atoms with van der Waals surface area (Å²) in [7, 11) is -3.13. The Balaban J connectivity index is 1.71. The van der Waals surface area contributed by atoms with Crippen molar-refractivity contribution >= 4 is 21.4 Å². The molecule has 1 aliphatic carbocycles. The van der Waals surface area contributed by atoms with E-state index in [2.05, 4.69) is 10.2 Å². The van der Waals surface area contributed by atoms with Crippen molar-refractivity contribution < 1.29 is 8.42 Å². The molecule has 0 amide bonds. The van der Waals surface area contributed by atoms with E-state index < -0.39 is 15.1 Å². The summed E-state index contributed by atoms with van der Waals surface area (Å²) in [6.07, 6.45) is 6.28. The third-order valence-electron chi connectivity index (χ3n) is 4.04. The molecule has 2 aromatic rings. The summed E-state index contributed by atoms with van der Waals surface area (Å²) in [5, 5.41) is 6.89. The first-order chi connectivity index (χ1) is 10.1. The molecule has 1 N–H and O–H groups in total. The number of sulfone groups is 1. The molecule has 1 aromatic carbocycles. The summed E-state index contributed by atoms with van der Waals surface area (Å²) in [6.45, 7) is 0. The highest BCUT2D eigenvalue weighted by atomic mass is 35.5. The largest absolute Gasteiger partial charge is 0.285 e. The van der Waals surface area contributed by atoms with Gasteiger partial charge in [-0.1, -0.05) is 23.7 Å². The van der Waals surface area contributed by atoms with E-state index in [9.17, 15) is 8.42 Å². The number of aromatic nitrogens is 2. The molecule has 1 heterocycles. The first kappa shape index (κ1) is 14.6. The van der Waals surface area contributed by atoms with Gasteiger partial charge in [0.2, 0.25) is 0 Å². The van der Waals surface area contributed by atoms with Gasteiger partial charge in [-0.3, -0.25) is 5.10 Å². The smallest absolute Gasteiger partial charge is 0.157 e. The highest BCUT2D eigenvalue weighted by Gasteiger charge is 2.33. The lowest BCUT2D eigenvalue weighted by molar-refractivity contribution is 0.578. The van der Waals surface area contributed by atoms with Gasteiger partial charge in [0.25, 0.3) is 0 Å². The van der Waals surface area contributed by atoms with E-state index in [4.69, 9.17) is 11.6 Å². The second kappa shape index (κ2) is 5.81. The van der Waals surface area contributed by atoms with Crippen molar-refractivity contribution in [2.24, 2.45) is 0 Å². The minimum Gasteiger partial charge on any atom is -0.285 e. The van der Waals surface area contributed by atoms with Crippen molar-refractivity contribution in [1.82, 2.24) is 10.2 Å². The summed E-state index contributed by atoms with van der Waals surface area (Å²) in [5.41, 5.74) is 2.94. The lowest BCUT2D eigenvalue weighted by atomic mass is 10.1. The van der Waals surface area contributed by atoms with Crippen LogP contribution in [0.4, 0.5) is 0 Å². The molecule has 0 bridgehead atoms. The van der Waals surface area contributed by atoms with Crippen molar-refractivity contribution in [1.29, 1.82) is 0 Å². The average Bonchev–Trinajstić information content (AvgIpc) is 3.07. The highest BCUT2D eigenvalue weighted by Crippen LogP contribution is 2.40. The molecule has 0 saturated carbocycles. The van der Waals surface area contributed by atoms with E-state index in [1.807, 2.05) is 18.2 Å². The number of nitrogens with one attached hydrogen (secondary N) is 1. The van der Waals surface area contributed by atoms with Crippen molar-refractivity contribution in [3.05, 3.63) is 52.3 Å². The van der Waals surface area contributed by atoms with E-state index in [0.717, 1.165) is 29.5 Å². The van der Waals surface area contributed by atoms with Crippen LogP contribution in [0, 0.1) is 0 Å². The normalized spacial score (nSPS) is 17.9. The maximum atomic E-state index is 12.6. The number of halogens is 1. The quantitative estimate of drug-likeness (QED) is 0.919. The Morgan fingerprint density at radius 1 is 1.38 bits per heavy atom. The van der Waals surface area contributed by atoms with Gasteiger partial charge in [-0.2, -0.15) is 5.10 Å². The summed E-state index contributed by atoms with van der Waals surface area (Å²) >= 11 is 6.15. The number of aromatic amines is 1. The zero-order valence-corrected chi connectivity index (χ0v) is 13.1. The summed E-state index contributed by atoms with van der Waals surface area (Å²) in [6, 6.07) is 5.56. The monoisotopic (exact) mass is 324 g/mol. The molecule has 0 saturated heterocycles. The Hall–Kier alpha value is -1.33. The first-order valence-corrected chi connectivity index (χ1v) is 9.14. The lowest BCUT2D eigenvalue weighted by Gasteiger charge is -2.13. The van der Waals surface area contributed by atoms with Crippen LogP contribution in [-0.2, 0) is 22.7 Å². The summed E-state index contributed by atoms with van der Waals surface area (Å²) in [5.74, 6) is 0.203. The molecule has 6 heteroatoms. The van der Waals surface area contributed by atoms with Crippen LogP contribution in [0.2, 0.25) is 5.02 Å². The van der Waals surface area contributed by atoms with Gasteiger partial charge in [-0.25, -0.2) is 8.42 Å². The van der Waals surface area contributed by atoms with Crippen LogP contribution in [-0.4, -0.2) is 24.4 Å². The minimum absolute atomic E-state index is 0.203. The SMILES string of the molecule is O=S(=O)(CCCc1cn[nH]c1)C1CCc2c(Cl)cccc21. The van der Waals surface area contributed by atoms with E-state index in [-0.39, 0.29) is 5.75 Å². The molecule has 0 radical (unpaired) electrons. The molecule has 1 aliphatic rings. The minimum atomic E-state index is -3.13. The van der Waals surface area contributed by atoms with Crippen molar-refractivity contribution in [3.8, 4) is 0 Å². The standard InChI is InChI=1S/C15H17ClN2O2S/c16-14-5-1-4-13-12(14)6-7-15(13)21(19,20)8-2-3-11-9-17-18-10-11/h1,4-5,9-10,15H,2-3,6-8H2,(H,17,18). The van der Waals surface area contributed by atoms with Crippen LogP contribution in [0.25, 0.3) is 0 Å². The number of hydrogen-bond donors (Lipinski definition) is 1. The number of rotatable bonds is 5. The van der Waals surface area contributed by atoms with Crippen LogP contribution in [0.3, 0.4) is 0 Å². The fraction of sp³-hybridized carbons (Fsp3) is 0.400. The maximum Gasteiger partial charge on any atom is 0.157 e. The third kappa shape index (κ3) is 2.99. The van der Waals surface area contributed by atoms with E-state index in [1.165, 1.54) is 0 Å². The van der Waals surface area contributed by atoms with Gasteiger partial charge in [0.05, 0.1) is 17.2 Å². The molecule has 1 aromatic heterocycles. The molecule has 1 unspecified atom stereocenters. The number of nitrogens with zero attached hydrogens (tertiary/aromatic N) is 1. The van der Waals surface area contributed by atoms with Crippen LogP contribution < -0.4 is 0 Å². The van der Waals surface area contributed by atoms with Gasteiger partial charge < -0.3 is 0 Å². The van der Waals surface area contributed by atoms with Crippen LogP contribution in [0.1, 0.15) is 34.8 Å². The fourth-order valence-electron chi connectivity index (χ4n) is 2.98. The van der Waals surface area contributed by atoms with E-state index >= 15 is 0 Å². The van der Waals surface area contributed by atoms with E-state index in [0.29, 0.717) is 17.9 Å². The van der Waals surface area contributed by atoms with Gasteiger partial charge in [-0.15, -0.1) is 0 Å². The Morgan fingerprint density at radius 3 is 3.00 bits per heavy atom. The number of fused-ring (bicyclic) bond motifs is 1. The summed E-state index contributed by atoms with van der Waals surface area (Å²) < 4.78 is 25.1. The highest BCUT2D eigenvalue weighted by molar-refractivity contribution is 7.91. The summed E-state index contributed by atoms with van der Waals surface area (Å²) in [4.78, 5) is 0. The van der Waals surface area contributed by atoms with Gasteiger partial charge in [0.15, 0.2) is 9.84 Å². The maximum absolute atomic E-state index is 12.6. The Bertz CT molecular complexity index is 726. The molecule has 0 fully saturated rings. The molecular weight excluding hydrogens is 308 g/mol.